The maximum atomic E-state index is 10.7. The lowest BCUT2D eigenvalue weighted by Gasteiger charge is -2.12. The summed E-state index contributed by atoms with van der Waals surface area (Å²) in [5.74, 6) is -1.26. The minimum atomic E-state index is -1.26. The standard InChI is InChI=1S/C11H14O5/c12-5-9(13)7-16-6-8-3-1-2-4-10(8)11(14)15/h1-4,9,12-13H,5-7H2,(H,14,15)/p-1. The van der Waals surface area contributed by atoms with Crippen LogP contribution in [0.25, 0.3) is 0 Å². The summed E-state index contributed by atoms with van der Waals surface area (Å²) in [6.07, 6.45) is -0.949. The maximum absolute atomic E-state index is 10.7. The van der Waals surface area contributed by atoms with Gasteiger partial charge in [0.15, 0.2) is 0 Å². The fourth-order valence-electron chi connectivity index (χ4n) is 1.20. The average Bonchev–Trinajstić information content (AvgIpc) is 2.29. The Morgan fingerprint density at radius 1 is 1.44 bits per heavy atom. The molecule has 16 heavy (non-hydrogen) atoms. The van der Waals surface area contributed by atoms with Crippen LogP contribution in [0, 0.1) is 0 Å². The van der Waals surface area contributed by atoms with E-state index in [1.807, 2.05) is 0 Å². The summed E-state index contributed by atoms with van der Waals surface area (Å²) in [6.45, 7) is -0.374. The first-order valence-corrected chi connectivity index (χ1v) is 4.81. The zero-order valence-corrected chi connectivity index (χ0v) is 8.63. The molecule has 2 N–H and O–H groups in total. The van der Waals surface area contributed by atoms with Gasteiger partial charge < -0.3 is 24.9 Å². The lowest BCUT2D eigenvalue weighted by molar-refractivity contribution is -0.255. The molecule has 1 aromatic rings. The smallest absolute Gasteiger partial charge is 0.100 e. The van der Waals surface area contributed by atoms with Gasteiger partial charge in [-0.3, -0.25) is 0 Å². The Labute approximate surface area is 92.9 Å². The van der Waals surface area contributed by atoms with Crippen LogP contribution >= 0.6 is 0 Å². The van der Waals surface area contributed by atoms with Gasteiger partial charge in [-0.15, -0.1) is 0 Å². The molecular formula is C11H13O5-. The summed E-state index contributed by atoms with van der Waals surface area (Å²) in [6, 6.07) is 6.32. The Morgan fingerprint density at radius 2 is 2.12 bits per heavy atom. The van der Waals surface area contributed by atoms with Crippen molar-refractivity contribution in [3.05, 3.63) is 35.4 Å². The molecular weight excluding hydrogens is 212 g/mol. The molecule has 0 amide bonds. The van der Waals surface area contributed by atoms with Crippen molar-refractivity contribution in [2.24, 2.45) is 0 Å². The second kappa shape index (κ2) is 6.22. The molecule has 5 nitrogen and oxygen atoms in total. The first-order chi connectivity index (χ1) is 7.65. The van der Waals surface area contributed by atoms with Crippen LogP contribution in [-0.4, -0.2) is 35.5 Å². The summed E-state index contributed by atoms with van der Waals surface area (Å²) in [5, 5.41) is 28.3. The van der Waals surface area contributed by atoms with Crippen LogP contribution in [0.4, 0.5) is 0 Å². The SMILES string of the molecule is O=C([O-])c1ccccc1COCC(O)CO. The molecule has 0 spiro atoms. The molecule has 1 rings (SSSR count). The molecule has 0 bridgehead atoms. The molecule has 0 radical (unpaired) electrons. The number of aromatic carboxylic acids is 1. The molecule has 0 heterocycles. The number of benzene rings is 1. The van der Waals surface area contributed by atoms with Crippen LogP contribution < -0.4 is 5.11 Å². The van der Waals surface area contributed by atoms with Crippen molar-refractivity contribution in [3.8, 4) is 0 Å². The predicted molar refractivity (Wildman–Crippen MR) is 53.5 cm³/mol. The number of rotatable bonds is 6. The van der Waals surface area contributed by atoms with Gasteiger partial charge in [-0.25, -0.2) is 0 Å². The largest absolute Gasteiger partial charge is 0.545 e. The Kier molecular flexibility index (Phi) is 4.91. The van der Waals surface area contributed by atoms with Crippen LogP contribution in [0.2, 0.25) is 0 Å². The van der Waals surface area contributed by atoms with Gasteiger partial charge >= 0.3 is 0 Å². The fraction of sp³-hybridized carbons (Fsp3) is 0.364. The number of aliphatic hydroxyl groups excluding tert-OH is 2. The van der Waals surface area contributed by atoms with Crippen molar-refractivity contribution >= 4 is 5.97 Å². The lowest BCUT2D eigenvalue weighted by Crippen LogP contribution is -2.24. The number of carboxylic acid groups (broad SMARTS) is 1. The van der Waals surface area contributed by atoms with E-state index in [2.05, 4.69) is 0 Å². The number of hydrogen-bond donors (Lipinski definition) is 2. The number of carbonyl (C=O) groups excluding carboxylic acids is 1. The monoisotopic (exact) mass is 225 g/mol. The maximum Gasteiger partial charge on any atom is 0.100 e. The van der Waals surface area contributed by atoms with Crippen molar-refractivity contribution in [1.29, 1.82) is 0 Å². The molecule has 88 valence electrons. The van der Waals surface area contributed by atoms with E-state index in [-0.39, 0.29) is 25.4 Å². The van der Waals surface area contributed by atoms with E-state index >= 15 is 0 Å². The van der Waals surface area contributed by atoms with E-state index < -0.39 is 12.1 Å². The summed E-state index contributed by atoms with van der Waals surface area (Å²) in [7, 11) is 0. The number of hydrogen-bond acceptors (Lipinski definition) is 5. The Bertz CT molecular complexity index is 350. The summed E-state index contributed by atoms with van der Waals surface area (Å²) in [5.41, 5.74) is 0.550. The molecule has 0 aliphatic carbocycles. The molecule has 0 aromatic heterocycles. The molecule has 5 heteroatoms. The summed E-state index contributed by atoms with van der Waals surface area (Å²) in [4.78, 5) is 10.7. The highest BCUT2D eigenvalue weighted by atomic mass is 16.5. The molecule has 1 atom stereocenters. The first kappa shape index (κ1) is 12.6. The number of carbonyl (C=O) groups is 1. The third-order valence-corrected chi connectivity index (χ3v) is 2.02. The highest BCUT2D eigenvalue weighted by Crippen LogP contribution is 2.09. The molecule has 0 fully saturated rings. The van der Waals surface area contributed by atoms with Gasteiger partial charge in [-0.1, -0.05) is 24.3 Å². The summed E-state index contributed by atoms with van der Waals surface area (Å²) < 4.78 is 5.06. The zero-order chi connectivity index (χ0) is 12.0. The Hall–Kier alpha value is -1.43. The van der Waals surface area contributed by atoms with Crippen LogP contribution in [0.1, 0.15) is 15.9 Å². The molecule has 1 aromatic carbocycles. The van der Waals surface area contributed by atoms with Crippen molar-refractivity contribution in [1.82, 2.24) is 0 Å². The van der Waals surface area contributed by atoms with E-state index in [0.717, 1.165) is 0 Å². The van der Waals surface area contributed by atoms with E-state index in [1.165, 1.54) is 6.07 Å². The first-order valence-electron chi connectivity index (χ1n) is 4.81. The van der Waals surface area contributed by atoms with Gasteiger partial charge in [0.05, 0.1) is 25.8 Å². The van der Waals surface area contributed by atoms with Gasteiger partial charge in [0.2, 0.25) is 0 Å². The molecule has 1 unspecified atom stereocenters. The second-order valence-electron chi connectivity index (χ2n) is 3.30. The second-order valence-corrected chi connectivity index (χ2v) is 3.30. The normalized spacial score (nSPS) is 12.4. The molecule has 0 aliphatic rings. The topological polar surface area (TPSA) is 89.8 Å². The Morgan fingerprint density at radius 3 is 2.75 bits per heavy atom. The average molecular weight is 225 g/mol. The predicted octanol–water partition coefficient (Wildman–Crippen LogP) is -1.08. The van der Waals surface area contributed by atoms with Crippen LogP contribution in [-0.2, 0) is 11.3 Å². The van der Waals surface area contributed by atoms with Crippen molar-refractivity contribution in [2.45, 2.75) is 12.7 Å². The van der Waals surface area contributed by atoms with E-state index in [1.54, 1.807) is 18.2 Å². The highest BCUT2D eigenvalue weighted by molar-refractivity contribution is 5.87. The van der Waals surface area contributed by atoms with Crippen molar-refractivity contribution < 1.29 is 24.9 Å². The van der Waals surface area contributed by atoms with Gasteiger partial charge in [0, 0.05) is 5.56 Å². The third-order valence-electron chi connectivity index (χ3n) is 2.02. The number of aliphatic hydroxyl groups is 2. The van der Waals surface area contributed by atoms with E-state index in [9.17, 15) is 9.90 Å². The highest BCUT2D eigenvalue weighted by Gasteiger charge is 2.05. The van der Waals surface area contributed by atoms with Crippen molar-refractivity contribution in [2.75, 3.05) is 13.2 Å². The zero-order valence-electron chi connectivity index (χ0n) is 8.63. The lowest BCUT2D eigenvalue weighted by atomic mass is 10.1. The quantitative estimate of drug-likeness (QED) is 0.642. The van der Waals surface area contributed by atoms with Gasteiger partial charge in [-0.05, 0) is 5.56 Å². The van der Waals surface area contributed by atoms with Crippen LogP contribution in [0.5, 0.6) is 0 Å². The van der Waals surface area contributed by atoms with Crippen molar-refractivity contribution in [3.63, 3.8) is 0 Å². The van der Waals surface area contributed by atoms with Gasteiger partial charge in [0.25, 0.3) is 0 Å². The van der Waals surface area contributed by atoms with Crippen LogP contribution in [0.3, 0.4) is 0 Å². The minimum absolute atomic E-state index is 0.0438. The number of ether oxygens (including phenoxy) is 1. The van der Waals surface area contributed by atoms with Gasteiger partial charge in [0.1, 0.15) is 6.10 Å². The molecule has 0 aliphatic heterocycles. The number of carboxylic acids is 1. The third kappa shape index (κ3) is 3.62. The van der Waals surface area contributed by atoms with E-state index in [4.69, 9.17) is 14.9 Å². The van der Waals surface area contributed by atoms with Gasteiger partial charge in [-0.2, -0.15) is 0 Å². The molecule has 0 saturated heterocycles. The minimum Gasteiger partial charge on any atom is -0.545 e. The summed E-state index contributed by atoms with van der Waals surface area (Å²) >= 11 is 0. The fourth-order valence-corrected chi connectivity index (χ4v) is 1.20. The van der Waals surface area contributed by atoms with E-state index in [0.29, 0.717) is 5.56 Å². The molecule has 0 saturated carbocycles. The Balaban J connectivity index is 2.56. The van der Waals surface area contributed by atoms with Crippen LogP contribution in [0.15, 0.2) is 24.3 Å².